The van der Waals surface area contributed by atoms with E-state index >= 15 is 4.39 Å². The molecule has 0 spiro atoms. The number of phenolic OH excluding ortho intramolecular Hbond substituents is 1. The summed E-state index contributed by atoms with van der Waals surface area (Å²) in [6.07, 6.45) is 1.97. The van der Waals surface area contributed by atoms with Crippen LogP contribution < -0.4 is 4.52 Å². The van der Waals surface area contributed by atoms with Crippen molar-refractivity contribution >= 4 is 7.82 Å². The molecule has 0 saturated carbocycles. The quantitative estimate of drug-likeness (QED) is 0.138. The Bertz CT molecular complexity index is 1950. The Morgan fingerprint density at radius 2 is 1.00 bits per heavy atom. The second-order valence-electron chi connectivity index (χ2n) is 16.9. The number of hydrogen-bond acceptors (Lipinski definition) is 7. The molecule has 4 aliphatic heterocycles. The molecule has 4 aliphatic rings. The van der Waals surface area contributed by atoms with Crippen molar-refractivity contribution < 1.29 is 32.8 Å². The number of halogens is 2. The molecule has 0 aromatic heterocycles. The number of aromatic hydroxyl groups is 1. The third-order valence-electron chi connectivity index (χ3n) is 12.6. The van der Waals surface area contributed by atoms with Crippen LogP contribution in [0.5, 0.6) is 11.5 Å². The SMILES string of the molecule is Cc1ccc(CN2CC[C@@H](N3CC[C@@H](c4ccc(O)cc4)[C@H](F)C3)C2)cc1.Cc1ccc(CN2CC[C@@H](N3CC[C@@H](c4ccc(OP(=O)(O)O)cc4)[C@H](F)C3)C2)cc1. The summed E-state index contributed by atoms with van der Waals surface area (Å²) < 4.78 is 45.5. The average molecular weight is 817 g/mol. The van der Waals surface area contributed by atoms with Crippen LogP contribution in [0.4, 0.5) is 8.78 Å². The fourth-order valence-electron chi connectivity index (χ4n) is 9.32. The maximum absolute atomic E-state index is 15.1. The lowest BCUT2D eigenvalue weighted by Crippen LogP contribution is -2.47. The molecular formula is C46H59F2N4O5P. The van der Waals surface area contributed by atoms with Gasteiger partial charge in [-0.05, 0) is 99.1 Å². The van der Waals surface area contributed by atoms with Gasteiger partial charge in [0.05, 0.1) is 0 Å². The van der Waals surface area contributed by atoms with Gasteiger partial charge in [-0.3, -0.25) is 29.4 Å². The molecular weight excluding hydrogens is 757 g/mol. The highest BCUT2D eigenvalue weighted by Gasteiger charge is 2.37. The maximum Gasteiger partial charge on any atom is 0.524 e. The van der Waals surface area contributed by atoms with Crippen molar-refractivity contribution in [2.24, 2.45) is 0 Å². The Labute approximate surface area is 342 Å². The van der Waals surface area contributed by atoms with Gasteiger partial charge in [-0.1, -0.05) is 83.9 Å². The van der Waals surface area contributed by atoms with E-state index in [-0.39, 0.29) is 23.3 Å². The van der Waals surface area contributed by atoms with E-state index in [1.807, 2.05) is 12.1 Å². The monoisotopic (exact) mass is 816 g/mol. The average Bonchev–Trinajstić information content (AvgIpc) is 3.87. The van der Waals surface area contributed by atoms with E-state index in [1.54, 1.807) is 24.3 Å². The summed E-state index contributed by atoms with van der Waals surface area (Å²) in [6, 6.07) is 31.7. The van der Waals surface area contributed by atoms with Gasteiger partial charge >= 0.3 is 7.82 Å². The minimum absolute atomic E-state index is 0.0492. The molecule has 12 heteroatoms. The Hall–Kier alpha value is -3.67. The molecule has 0 bridgehead atoms. The molecule has 4 heterocycles. The molecule has 0 radical (unpaired) electrons. The van der Waals surface area contributed by atoms with Gasteiger partial charge in [0.2, 0.25) is 0 Å². The highest BCUT2D eigenvalue weighted by molar-refractivity contribution is 7.46. The maximum atomic E-state index is 15.1. The number of rotatable bonds is 10. The molecule has 8 rings (SSSR count). The highest BCUT2D eigenvalue weighted by atomic mass is 31.2. The largest absolute Gasteiger partial charge is 0.524 e. The lowest BCUT2D eigenvalue weighted by Gasteiger charge is -2.38. The van der Waals surface area contributed by atoms with Gasteiger partial charge < -0.3 is 9.63 Å². The molecule has 0 aliphatic carbocycles. The predicted octanol–water partition coefficient (Wildman–Crippen LogP) is 7.97. The smallest absolute Gasteiger partial charge is 0.508 e. The second-order valence-corrected chi connectivity index (χ2v) is 18.0. The van der Waals surface area contributed by atoms with Crippen LogP contribution in [0.25, 0.3) is 0 Å². The number of phosphoric ester groups is 1. The van der Waals surface area contributed by atoms with Crippen molar-refractivity contribution in [3.8, 4) is 11.5 Å². The number of likely N-dealkylation sites (tertiary alicyclic amines) is 4. The number of phenols is 1. The first kappa shape index (κ1) is 42.5. The fourth-order valence-corrected chi connectivity index (χ4v) is 9.71. The van der Waals surface area contributed by atoms with E-state index in [2.05, 4.69) is 86.5 Å². The minimum Gasteiger partial charge on any atom is -0.508 e. The molecule has 6 atom stereocenters. The lowest BCUT2D eigenvalue weighted by atomic mass is 9.87. The summed E-state index contributed by atoms with van der Waals surface area (Å²) in [7, 11) is -4.58. The lowest BCUT2D eigenvalue weighted by molar-refractivity contribution is 0.0835. The first-order valence-corrected chi connectivity index (χ1v) is 22.3. The number of alkyl halides is 2. The van der Waals surface area contributed by atoms with Crippen molar-refractivity contribution in [3.05, 3.63) is 130 Å². The van der Waals surface area contributed by atoms with Crippen LogP contribution in [0.15, 0.2) is 97.1 Å². The van der Waals surface area contributed by atoms with E-state index in [0.29, 0.717) is 25.2 Å². The van der Waals surface area contributed by atoms with Crippen LogP contribution in [0.1, 0.15) is 70.9 Å². The number of benzene rings is 4. The molecule has 4 aromatic rings. The summed E-state index contributed by atoms with van der Waals surface area (Å²) in [4.78, 5) is 27.4. The zero-order chi connectivity index (χ0) is 40.8. The number of piperidine rings is 2. The molecule has 58 heavy (non-hydrogen) atoms. The molecule has 312 valence electrons. The van der Waals surface area contributed by atoms with Crippen LogP contribution in [-0.4, -0.2) is 111 Å². The topological polar surface area (TPSA) is 100.0 Å². The van der Waals surface area contributed by atoms with E-state index < -0.39 is 20.2 Å². The van der Waals surface area contributed by atoms with Gasteiger partial charge in [0.15, 0.2) is 0 Å². The van der Waals surface area contributed by atoms with Gasteiger partial charge in [-0.2, -0.15) is 0 Å². The normalized spacial score (nSPS) is 26.3. The van der Waals surface area contributed by atoms with Crippen molar-refractivity contribution in [3.63, 3.8) is 0 Å². The number of aryl methyl sites for hydroxylation is 2. The second kappa shape index (κ2) is 19.1. The van der Waals surface area contributed by atoms with Crippen LogP contribution >= 0.6 is 7.82 Å². The van der Waals surface area contributed by atoms with Crippen molar-refractivity contribution in [2.75, 3.05) is 52.4 Å². The first-order valence-electron chi connectivity index (χ1n) is 20.8. The Balaban J connectivity index is 0.000000178. The molecule has 0 unspecified atom stereocenters. The molecule has 3 N–H and O–H groups in total. The van der Waals surface area contributed by atoms with Crippen LogP contribution in [0.3, 0.4) is 0 Å². The molecule has 9 nitrogen and oxygen atoms in total. The van der Waals surface area contributed by atoms with Gasteiger partial charge in [0, 0.05) is 76.3 Å². The zero-order valence-electron chi connectivity index (χ0n) is 33.8. The van der Waals surface area contributed by atoms with Crippen molar-refractivity contribution in [1.82, 2.24) is 19.6 Å². The molecule has 4 saturated heterocycles. The van der Waals surface area contributed by atoms with Crippen molar-refractivity contribution in [1.29, 1.82) is 0 Å². The van der Waals surface area contributed by atoms with E-state index in [1.165, 1.54) is 34.4 Å². The third-order valence-corrected chi connectivity index (χ3v) is 13.0. The van der Waals surface area contributed by atoms with Crippen LogP contribution in [-0.2, 0) is 17.7 Å². The highest BCUT2D eigenvalue weighted by Crippen LogP contribution is 2.39. The zero-order valence-corrected chi connectivity index (χ0v) is 34.6. The minimum atomic E-state index is -4.58. The third kappa shape index (κ3) is 11.5. The summed E-state index contributed by atoms with van der Waals surface area (Å²) in [5.74, 6) is 0.0769. The van der Waals surface area contributed by atoms with Gasteiger partial charge in [0.1, 0.15) is 23.8 Å². The van der Waals surface area contributed by atoms with E-state index in [4.69, 9.17) is 9.79 Å². The van der Waals surface area contributed by atoms with Gasteiger partial charge in [0.25, 0.3) is 0 Å². The van der Waals surface area contributed by atoms with E-state index in [9.17, 15) is 14.1 Å². The summed E-state index contributed by atoms with van der Waals surface area (Å²) >= 11 is 0. The predicted molar refractivity (Wildman–Crippen MR) is 225 cm³/mol. The molecule has 4 aromatic carbocycles. The standard InChI is InChI=1S/C23H30FN2O4P.C23H29FN2O/c1-17-2-4-18(5-3-17)14-25-12-10-20(15-25)26-13-11-22(23(24)16-26)19-6-8-21(9-7-19)30-31(27,28)29;1-17-2-4-18(5-3-17)14-25-12-10-20(15-25)26-13-11-22(23(24)16-26)19-6-8-21(27)9-7-19/h2-9,20,22-23H,10-16H2,1H3,(H2,27,28,29);2-9,20,22-23,27H,10-16H2,1H3/t2*20-,22+,23-/m11/s1. The Morgan fingerprint density at radius 1 is 0.586 bits per heavy atom. The molecule has 4 fully saturated rings. The fraction of sp³-hybridized carbons (Fsp3) is 0.478. The number of hydrogen-bond donors (Lipinski definition) is 3. The summed E-state index contributed by atoms with van der Waals surface area (Å²) in [6.45, 7) is 13.0. The Kier molecular flexibility index (Phi) is 14.0. The number of phosphoric acid groups is 1. The van der Waals surface area contributed by atoms with Gasteiger partial charge in [-0.15, -0.1) is 0 Å². The van der Waals surface area contributed by atoms with Gasteiger partial charge in [-0.25, -0.2) is 13.3 Å². The van der Waals surface area contributed by atoms with Crippen LogP contribution in [0.2, 0.25) is 0 Å². The van der Waals surface area contributed by atoms with E-state index in [0.717, 1.165) is 89.2 Å². The first-order chi connectivity index (χ1) is 27.8. The summed E-state index contributed by atoms with van der Waals surface area (Å²) in [5, 5.41) is 9.44. The Morgan fingerprint density at radius 3 is 1.40 bits per heavy atom. The molecule has 0 amide bonds. The van der Waals surface area contributed by atoms with Crippen LogP contribution in [0, 0.1) is 13.8 Å². The summed E-state index contributed by atoms with van der Waals surface area (Å²) in [5.41, 5.74) is 7.09. The number of nitrogens with zero attached hydrogens (tertiary/aromatic N) is 4. The van der Waals surface area contributed by atoms with Crippen molar-refractivity contribution in [2.45, 2.75) is 88.9 Å².